The van der Waals surface area contributed by atoms with E-state index in [9.17, 15) is 8.42 Å². The molecule has 0 radical (unpaired) electrons. The lowest BCUT2D eigenvalue weighted by atomic mass is 10.1. The maximum atomic E-state index is 11.0. The molecule has 1 N–H and O–H groups in total. The first kappa shape index (κ1) is 28.7. The topological polar surface area (TPSA) is 80.1 Å². The molecule has 0 amide bonds. The third-order valence-electron chi connectivity index (χ3n) is 4.12. The predicted octanol–water partition coefficient (Wildman–Crippen LogP) is 5.55. The molecule has 0 aliphatic rings. The zero-order valence-electron chi connectivity index (χ0n) is 20.2. The fourth-order valence-corrected chi connectivity index (χ4v) is 3.62. The zero-order valence-corrected chi connectivity index (χ0v) is 22.6. The highest BCUT2D eigenvalue weighted by Crippen LogP contribution is 2.30. The van der Waals surface area contributed by atoms with Gasteiger partial charge in [0, 0.05) is 35.7 Å². The van der Waals surface area contributed by atoms with E-state index < -0.39 is 10.2 Å². The largest absolute Gasteiger partial charge is 0.279 e. The van der Waals surface area contributed by atoms with Crippen LogP contribution in [0.4, 0.5) is 0 Å². The van der Waals surface area contributed by atoms with Gasteiger partial charge in [0.05, 0.1) is 6.04 Å². The monoisotopic (exact) mass is 535 g/mol. The van der Waals surface area contributed by atoms with Crippen molar-refractivity contribution in [1.82, 2.24) is 24.0 Å². The Hall–Kier alpha value is -2.33. The summed E-state index contributed by atoms with van der Waals surface area (Å²) in [6.45, 7) is 13.7. The van der Waals surface area contributed by atoms with Crippen LogP contribution in [0.2, 0.25) is 0 Å². The average Bonchev–Trinajstić information content (AvgIpc) is 3.22. The van der Waals surface area contributed by atoms with Gasteiger partial charge in [-0.3, -0.25) is 0 Å². The van der Waals surface area contributed by atoms with Crippen molar-refractivity contribution in [3.63, 3.8) is 0 Å². The van der Waals surface area contributed by atoms with E-state index in [4.69, 9.17) is 0 Å². The maximum absolute atomic E-state index is 11.0. The van der Waals surface area contributed by atoms with Crippen LogP contribution in [0.5, 0.6) is 0 Å². The Morgan fingerprint density at radius 3 is 1.70 bits per heavy atom. The number of hydrogen-bond donors (Lipinski definition) is 1. The summed E-state index contributed by atoms with van der Waals surface area (Å²) in [7, 11) is -0.233. The molecule has 2 aromatic carbocycles. The molecular formula is C24H34BrN5O2S. The van der Waals surface area contributed by atoms with Gasteiger partial charge in [-0.1, -0.05) is 58.4 Å². The van der Waals surface area contributed by atoms with Crippen LogP contribution in [0.3, 0.4) is 0 Å². The van der Waals surface area contributed by atoms with Crippen molar-refractivity contribution >= 4 is 26.1 Å². The molecule has 0 spiro atoms. The minimum Gasteiger partial charge on any atom is -0.200 e. The van der Waals surface area contributed by atoms with E-state index in [1.807, 2.05) is 30.3 Å². The van der Waals surface area contributed by atoms with Crippen LogP contribution in [0.25, 0.3) is 22.5 Å². The maximum Gasteiger partial charge on any atom is 0.279 e. The molecule has 0 atom stereocenters. The predicted molar refractivity (Wildman–Crippen MR) is 141 cm³/mol. The van der Waals surface area contributed by atoms with Gasteiger partial charge in [-0.25, -0.2) is 0 Å². The van der Waals surface area contributed by atoms with Gasteiger partial charge in [0.25, 0.3) is 10.2 Å². The zero-order chi connectivity index (χ0) is 25.2. The lowest BCUT2D eigenvalue weighted by molar-refractivity contribution is 0.468. The minimum atomic E-state index is -3.21. The second kappa shape index (κ2) is 13.4. The van der Waals surface area contributed by atoms with Gasteiger partial charge in [0.2, 0.25) is 0 Å². The molecule has 0 fully saturated rings. The number of hydrogen-bond acceptors (Lipinski definition) is 4. The van der Waals surface area contributed by atoms with E-state index in [2.05, 4.69) is 82.1 Å². The third-order valence-corrected chi connectivity index (χ3v) is 6.38. The fourth-order valence-electron chi connectivity index (χ4n) is 2.55. The van der Waals surface area contributed by atoms with Crippen molar-refractivity contribution in [3.8, 4) is 22.5 Å². The number of aromatic nitrogens is 3. The van der Waals surface area contributed by atoms with Crippen LogP contribution in [0.1, 0.15) is 33.7 Å². The fraction of sp³-hybridized carbons (Fsp3) is 0.333. The van der Waals surface area contributed by atoms with E-state index in [-0.39, 0.29) is 12.1 Å². The average molecular weight is 537 g/mol. The molecule has 0 aliphatic heterocycles. The SMILES string of the molecule is C=C.CC(C)NS(=O)(=O)N(C)C.CC(C)n1nc(-c2ccccc2)c(-c2ccc(Br)cc2)n1. The van der Waals surface area contributed by atoms with E-state index in [0.717, 1.165) is 31.3 Å². The number of benzene rings is 2. The standard InChI is InChI=1S/C17H16BrN3.C5H14N2O2S.C2H4/c1-12(2)21-19-16(13-6-4-3-5-7-13)17(20-21)14-8-10-15(18)11-9-14;1-5(2)6-10(8,9)7(3)4;1-2/h3-12H,1-2H3;5-6H,1-4H3;1-2H2. The summed E-state index contributed by atoms with van der Waals surface area (Å²) >= 11 is 3.47. The smallest absolute Gasteiger partial charge is 0.200 e. The Morgan fingerprint density at radius 1 is 0.879 bits per heavy atom. The van der Waals surface area contributed by atoms with Gasteiger partial charge in [-0.15, -0.1) is 13.2 Å². The molecule has 180 valence electrons. The summed E-state index contributed by atoms with van der Waals surface area (Å²) in [5.41, 5.74) is 4.00. The number of nitrogens with zero attached hydrogens (tertiary/aromatic N) is 4. The molecule has 0 saturated heterocycles. The Balaban J connectivity index is 0.000000386. The first-order valence-electron chi connectivity index (χ1n) is 10.5. The molecule has 0 saturated carbocycles. The Morgan fingerprint density at radius 2 is 1.33 bits per heavy atom. The van der Waals surface area contributed by atoms with Crippen LogP contribution >= 0.6 is 15.9 Å². The first-order valence-corrected chi connectivity index (χ1v) is 12.7. The van der Waals surface area contributed by atoms with E-state index >= 15 is 0 Å². The molecule has 1 heterocycles. The Bertz CT molecular complexity index is 1080. The lowest BCUT2D eigenvalue weighted by Crippen LogP contribution is -2.39. The molecule has 0 unspecified atom stereocenters. The summed E-state index contributed by atoms with van der Waals surface area (Å²) in [5.74, 6) is 0. The van der Waals surface area contributed by atoms with Gasteiger partial charge < -0.3 is 0 Å². The van der Waals surface area contributed by atoms with Gasteiger partial charge in [-0.2, -0.15) is 32.4 Å². The van der Waals surface area contributed by atoms with Crippen molar-refractivity contribution in [1.29, 1.82) is 0 Å². The van der Waals surface area contributed by atoms with Crippen molar-refractivity contribution in [3.05, 3.63) is 72.2 Å². The highest BCUT2D eigenvalue weighted by atomic mass is 79.9. The van der Waals surface area contributed by atoms with Crippen molar-refractivity contribution in [2.75, 3.05) is 14.1 Å². The Labute approximate surface area is 206 Å². The van der Waals surface area contributed by atoms with Crippen LogP contribution < -0.4 is 4.72 Å². The van der Waals surface area contributed by atoms with Crippen molar-refractivity contribution in [2.24, 2.45) is 0 Å². The number of halogens is 1. The third kappa shape index (κ3) is 8.85. The molecular weight excluding hydrogens is 502 g/mol. The summed E-state index contributed by atoms with van der Waals surface area (Å²) < 4.78 is 26.5. The summed E-state index contributed by atoms with van der Waals surface area (Å²) in [6, 6.07) is 18.5. The van der Waals surface area contributed by atoms with Gasteiger partial charge >= 0.3 is 0 Å². The highest BCUT2D eigenvalue weighted by molar-refractivity contribution is 9.10. The van der Waals surface area contributed by atoms with Gasteiger partial charge in [-0.05, 0) is 39.8 Å². The molecule has 0 bridgehead atoms. The molecule has 0 aliphatic carbocycles. The van der Waals surface area contributed by atoms with E-state index in [1.165, 1.54) is 14.1 Å². The minimum absolute atomic E-state index is 0.0487. The number of nitrogens with one attached hydrogen (secondary N) is 1. The van der Waals surface area contributed by atoms with Gasteiger partial charge in [0.15, 0.2) is 0 Å². The van der Waals surface area contributed by atoms with Crippen LogP contribution in [-0.2, 0) is 10.2 Å². The van der Waals surface area contributed by atoms with Gasteiger partial charge in [0.1, 0.15) is 11.4 Å². The molecule has 3 rings (SSSR count). The molecule has 3 aromatic rings. The lowest BCUT2D eigenvalue weighted by Gasteiger charge is -2.14. The second-order valence-electron chi connectivity index (χ2n) is 7.74. The van der Waals surface area contributed by atoms with E-state index in [0.29, 0.717) is 0 Å². The Kier molecular flexibility index (Phi) is 11.7. The van der Waals surface area contributed by atoms with Crippen molar-refractivity contribution in [2.45, 2.75) is 39.8 Å². The second-order valence-corrected chi connectivity index (χ2v) is 10.6. The number of rotatable bonds is 6. The highest BCUT2D eigenvalue weighted by Gasteiger charge is 2.16. The van der Waals surface area contributed by atoms with Crippen LogP contribution in [0.15, 0.2) is 72.2 Å². The summed E-state index contributed by atoms with van der Waals surface area (Å²) in [5, 5.41) is 9.35. The van der Waals surface area contributed by atoms with Crippen LogP contribution in [-0.4, -0.2) is 47.9 Å². The summed E-state index contributed by atoms with van der Waals surface area (Å²) in [6.07, 6.45) is 0. The molecule has 33 heavy (non-hydrogen) atoms. The molecule has 7 nitrogen and oxygen atoms in total. The first-order chi connectivity index (χ1) is 15.5. The normalized spacial score (nSPS) is 11.1. The van der Waals surface area contributed by atoms with Crippen molar-refractivity contribution < 1.29 is 8.42 Å². The summed E-state index contributed by atoms with van der Waals surface area (Å²) in [4.78, 5) is 1.78. The van der Waals surface area contributed by atoms with Crippen LogP contribution in [0, 0.1) is 0 Å². The van der Waals surface area contributed by atoms with E-state index in [1.54, 1.807) is 18.6 Å². The molecule has 9 heteroatoms. The quantitative estimate of drug-likeness (QED) is 0.419. The molecule has 1 aromatic heterocycles.